The first-order valence-electron chi connectivity index (χ1n) is 9.97. The zero-order valence-electron chi connectivity index (χ0n) is 16.3. The summed E-state index contributed by atoms with van der Waals surface area (Å²) in [5.74, 6) is -0.258. The van der Waals surface area contributed by atoms with Gasteiger partial charge in [-0.1, -0.05) is 31.2 Å². The van der Waals surface area contributed by atoms with Gasteiger partial charge in [0.25, 0.3) is 5.91 Å². The lowest BCUT2D eigenvalue weighted by atomic mass is 10.1. The van der Waals surface area contributed by atoms with E-state index in [9.17, 15) is 14.4 Å². The SMILES string of the molecule is CC[C@H](Cc1cccs1)OC(=O)N1CCC2C1C(=O)CN2C(=O)c1ccccc1. The predicted octanol–water partition coefficient (Wildman–Crippen LogP) is 3.37. The second kappa shape index (κ2) is 8.37. The Balaban J connectivity index is 1.43. The molecule has 6 nitrogen and oxygen atoms in total. The zero-order chi connectivity index (χ0) is 20.4. The van der Waals surface area contributed by atoms with Gasteiger partial charge in [-0.15, -0.1) is 11.3 Å². The number of hydrogen-bond donors (Lipinski definition) is 0. The van der Waals surface area contributed by atoms with E-state index in [1.54, 1.807) is 40.5 Å². The van der Waals surface area contributed by atoms with E-state index in [2.05, 4.69) is 0 Å². The molecule has 0 bridgehead atoms. The van der Waals surface area contributed by atoms with Crippen molar-refractivity contribution in [3.63, 3.8) is 0 Å². The second-order valence-electron chi connectivity index (χ2n) is 7.46. The Morgan fingerprint density at radius 2 is 1.97 bits per heavy atom. The monoisotopic (exact) mass is 412 g/mol. The average molecular weight is 413 g/mol. The maximum Gasteiger partial charge on any atom is 0.410 e. The van der Waals surface area contributed by atoms with Crippen LogP contribution < -0.4 is 0 Å². The summed E-state index contributed by atoms with van der Waals surface area (Å²) in [7, 11) is 0. The summed E-state index contributed by atoms with van der Waals surface area (Å²) < 4.78 is 5.73. The number of thiophene rings is 1. The van der Waals surface area contributed by atoms with Gasteiger partial charge in [0.2, 0.25) is 0 Å². The molecule has 0 aliphatic carbocycles. The van der Waals surface area contributed by atoms with Gasteiger partial charge < -0.3 is 9.64 Å². The second-order valence-corrected chi connectivity index (χ2v) is 8.49. The van der Waals surface area contributed by atoms with Crippen molar-refractivity contribution in [2.75, 3.05) is 13.1 Å². The van der Waals surface area contributed by atoms with Crippen molar-refractivity contribution in [1.82, 2.24) is 9.80 Å². The minimum absolute atomic E-state index is 0.0409. The van der Waals surface area contributed by atoms with Gasteiger partial charge in [0.15, 0.2) is 5.78 Å². The standard InChI is InChI=1S/C22H24N2O4S/c1-2-16(13-17-9-6-12-29-17)28-22(27)23-11-10-18-20(23)19(25)14-24(18)21(26)15-7-4-3-5-8-15/h3-9,12,16,18,20H,2,10-11,13-14H2,1H3/t16-,18?,20?/m1/s1. The van der Waals surface area contributed by atoms with Crippen LogP contribution in [0.4, 0.5) is 4.79 Å². The number of ketones is 1. The topological polar surface area (TPSA) is 66.9 Å². The van der Waals surface area contributed by atoms with E-state index in [1.807, 2.05) is 30.5 Å². The van der Waals surface area contributed by atoms with Gasteiger partial charge in [-0.05, 0) is 36.4 Å². The quantitative estimate of drug-likeness (QED) is 0.755. The number of ether oxygens (including phenoxy) is 1. The Hall–Kier alpha value is -2.67. The van der Waals surface area contributed by atoms with Gasteiger partial charge in [0.1, 0.15) is 12.1 Å². The van der Waals surface area contributed by atoms with Crippen LogP contribution >= 0.6 is 11.3 Å². The highest BCUT2D eigenvalue weighted by Crippen LogP contribution is 2.31. The van der Waals surface area contributed by atoms with Gasteiger partial charge in [0.05, 0.1) is 12.6 Å². The lowest BCUT2D eigenvalue weighted by Gasteiger charge is -2.25. The number of carbonyl (C=O) groups excluding carboxylic acids is 3. The van der Waals surface area contributed by atoms with Crippen molar-refractivity contribution >= 4 is 29.1 Å². The Morgan fingerprint density at radius 1 is 1.17 bits per heavy atom. The predicted molar refractivity (Wildman–Crippen MR) is 110 cm³/mol. The van der Waals surface area contributed by atoms with Crippen LogP contribution in [0.5, 0.6) is 0 Å². The maximum atomic E-state index is 12.9. The molecule has 1 aromatic carbocycles. The summed E-state index contributed by atoms with van der Waals surface area (Å²) in [5, 5.41) is 2.00. The van der Waals surface area contributed by atoms with E-state index >= 15 is 0 Å². The Labute approximate surface area is 174 Å². The third kappa shape index (κ3) is 3.92. The molecule has 3 atom stereocenters. The molecule has 2 unspecified atom stereocenters. The third-order valence-electron chi connectivity index (χ3n) is 5.67. The number of rotatable bonds is 5. The van der Waals surface area contributed by atoms with E-state index < -0.39 is 12.1 Å². The van der Waals surface area contributed by atoms with E-state index in [4.69, 9.17) is 4.74 Å². The van der Waals surface area contributed by atoms with Crippen LogP contribution in [0.15, 0.2) is 47.8 Å². The summed E-state index contributed by atoms with van der Waals surface area (Å²) >= 11 is 1.64. The Morgan fingerprint density at radius 3 is 2.66 bits per heavy atom. The van der Waals surface area contributed by atoms with Crippen molar-refractivity contribution in [3.8, 4) is 0 Å². The highest BCUT2D eigenvalue weighted by atomic mass is 32.1. The first kappa shape index (κ1) is 19.6. The number of carbonyl (C=O) groups is 3. The van der Waals surface area contributed by atoms with E-state index in [1.165, 1.54) is 9.78 Å². The summed E-state index contributed by atoms with van der Waals surface area (Å²) in [4.78, 5) is 42.7. The number of nitrogens with zero attached hydrogens (tertiary/aromatic N) is 2. The molecule has 0 saturated carbocycles. The van der Waals surface area contributed by atoms with Crippen LogP contribution in [0.3, 0.4) is 0 Å². The molecular formula is C22H24N2O4S. The van der Waals surface area contributed by atoms with Crippen molar-refractivity contribution in [2.45, 2.75) is 44.4 Å². The zero-order valence-corrected chi connectivity index (χ0v) is 17.1. The minimum atomic E-state index is -0.602. The van der Waals surface area contributed by atoms with Crippen molar-refractivity contribution in [2.24, 2.45) is 0 Å². The number of fused-ring (bicyclic) bond motifs is 1. The molecular weight excluding hydrogens is 388 g/mol. The third-order valence-corrected chi connectivity index (χ3v) is 6.57. The van der Waals surface area contributed by atoms with Gasteiger partial charge in [-0.2, -0.15) is 0 Å². The molecule has 3 heterocycles. The molecule has 0 N–H and O–H groups in total. The lowest BCUT2D eigenvalue weighted by molar-refractivity contribution is -0.120. The van der Waals surface area contributed by atoms with E-state index in [0.29, 0.717) is 31.4 Å². The molecule has 29 heavy (non-hydrogen) atoms. The van der Waals surface area contributed by atoms with Crippen molar-refractivity contribution < 1.29 is 19.1 Å². The minimum Gasteiger partial charge on any atom is -0.446 e. The maximum absolute atomic E-state index is 12.9. The lowest BCUT2D eigenvalue weighted by Crippen LogP contribution is -2.44. The molecule has 0 spiro atoms. The van der Waals surface area contributed by atoms with E-state index in [0.717, 1.165) is 0 Å². The highest BCUT2D eigenvalue weighted by molar-refractivity contribution is 7.09. The summed E-state index contributed by atoms with van der Waals surface area (Å²) in [5.41, 5.74) is 0.559. The Kier molecular flexibility index (Phi) is 5.67. The molecule has 2 aliphatic rings. The fraction of sp³-hybridized carbons (Fsp3) is 0.409. The molecule has 2 aliphatic heterocycles. The van der Waals surface area contributed by atoms with Gasteiger partial charge in [0, 0.05) is 23.4 Å². The average Bonchev–Trinajstić information content (AvgIpc) is 3.46. The molecule has 2 amide bonds. The number of amides is 2. The van der Waals surface area contributed by atoms with Crippen LogP contribution in [-0.2, 0) is 16.0 Å². The Bertz CT molecular complexity index is 883. The normalized spacial score (nSPS) is 21.9. The fourth-order valence-corrected chi connectivity index (χ4v) is 4.95. The molecule has 2 fully saturated rings. The van der Waals surface area contributed by atoms with Crippen LogP contribution in [0.25, 0.3) is 0 Å². The van der Waals surface area contributed by atoms with Crippen LogP contribution in [0, 0.1) is 0 Å². The molecule has 1 aromatic heterocycles. The van der Waals surface area contributed by atoms with Crippen LogP contribution in [-0.4, -0.2) is 58.9 Å². The fourth-order valence-electron chi connectivity index (χ4n) is 4.18. The van der Waals surface area contributed by atoms with E-state index in [-0.39, 0.29) is 30.4 Å². The number of hydrogen-bond acceptors (Lipinski definition) is 5. The van der Waals surface area contributed by atoms with Gasteiger partial charge >= 0.3 is 6.09 Å². The van der Waals surface area contributed by atoms with Crippen molar-refractivity contribution in [3.05, 3.63) is 58.3 Å². The summed E-state index contributed by atoms with van der Waals surface area (Å²) in [6, 6.07) is 12.1. The first-order valence-corrected chi connectivity index (χ1v) is 10.8. The van der Waals surface area contributed by atoms with Gasteiger partial charge in [-0.3, -0.25) is 14.5 Å². The number of Topliss-reactive ketones (excluding diaryl/α,β-unsaturated/α-hetero) is 1. The summed E-state index contributed by atoms with van der Waals surface area (Å²) in [6.45, 7) is 2.45. The molecule has 4 rings (SSSR count). The number of benzene rings is 1. The molecule has 0 radical (unpaired) electrons. The largest absolute Gasteiger partial charge is 0.446 e. The van der Waals surface area contributed by atoms with Crippen molar-refractivity contribution in [1.29, 1.82) is 0 Å². The molecule has 7 heteroatoms. The molecule has 152 valence electrons. The molecule has 2 saturated heterocycles. The highest BCUT2D eigenvalue weighted by Gasteiger charge is 2.52. The van der Waals surface area contributed by atoms with Crippen LogP contribution in [0.2, 0.25) is 0 Å². The first-order chi connectivity index (χ1) is 14.1. The van der Waals surface area contributed by atoms with Gasteiger partial charge in [-0.25, -0.2) is 4.79 Å². The smallest absolute Gasteiger partial charge is 0.410 e. The molecule has 2 aromatic rings. The summed E-state index contributed by atoms with van der Waals surface area (Å²) in [6.07, 6.45) is 1.29. The van der Waals surface area contributed by atoms with Crippen LogP contribution in [0.1, 0.15) is 35.0 Å². The number of likely N-dealkylation sites (tertiary alicyclic amines) is 2.